The molecule has 1 aromatic carbocycles. The maximum absolute atomic E-state index is 12.9. The van der Waals surface area contributed by atoms with Gasteiger partial charge in [-0.15, -0.1) is 0 Å². The quantitative estimate of drug-likeness (QED) is 0.258. The highest BCUT2D eigenvalue weighted by Gasteiger charge is 2.26. The lowest BCUT2D eigenvalue weighted by Gasteiger charge is -2.21. The Morgan fingerprint density at radius 3 is 2.55 bits per heavy atom. The van der Waals surface area contributed by atoms with Gasteiger partial charge in [-0.05, 0) is 55.5 Å². The Morgan fingerprint density at radius 2 is 1.87 bits per heavy atom. The number of carbonyl (C=O) groups excluding carboxylic acids is 2. The number of carboxylic acids is 1. The van der Waals surface area contributed by atoms with Crippen molar-refractivity contribution in [2.75, 3.05) is 18.5 Å². The lowest BCUT2D eigenvalue weighted by molar-refractivity contribution is -0.137. The van der Waals surface area contributed by atoms with Crippen LogP contribution in [0.1, 0.15) is 48.5 Å². The summed E-state index contributed by atoms with van der Waals surface area (Å²) in [5.41, 5.74) is 2.98. The van der Waals surface area contributed by atoms with E-state index < -0.39 is 24.4 Å². The molecule has 38 heavy (non-hydrogen) atoms. The molecule has 2 atom stereocenters. The molecule has 10 heteroatoms. The summed E-state index contributed by atoms with van der Waals surface area (Å²) in [5, 5.41) is 43.6. The van der Waals surface area contributed by atoms with Gasteiger partial charge in [-0.25, -0.2) is 4.98 Å². The predicted octanol–water partition coefficient (Wildman–Crippen LogP) is 3.88. The minimum Gasteiger partial charge on any atom is -0.508 e. The van der Waals surface area contributed by atoms with Crippen molar-refractivity contribution in [1.82, 2.24) is 10.3 Å². The second kappa shape index (κ2) is 12.9. The van der Waals surface area contributed by atoms with Gasteiger partial charge in [0.15, 0.2) is 5.76 Å². The summed E-state index contributed by atoms with van der Waals surface area (Å²) in [6.07, 6.45) is 2.32. The minimum atomic E-state index is -0.915. The van der Waals surface area contributed by atoms with E-state index in [0.717, 1.165) is 5.56 Å². The van der Waals surface area contributed by atoms with Crippen LogP contribution in [0.2, 0.25) is 0 Å². The third-order valence-corrected chi connectivity index (χ3v) is 6.42. The van der Waals surface area contributed by atoms with Crippen molar-refractivity contribution in [3.8, 4) is 11.3 Å². The van der Waals surface area contributed by atoms with Gasteiger partial charge in [-0.2, -0.15) is 0 Å². The summed E-state index contributed by atoms with van der Waals surface area (Å²) in [6, 6.07) is 10.3. The number of pyridine rings is 1. The zero-order valence-corrected chi connectivity index (χ0v) is 21.4. The number of allylic oxidation sites excluding steroid dienone is 2. The first-order chi connectivity index (χ1) is 18.1. The smallest absolute Gasteiger partial charge is 0.303 e. The van der Waals surface area contributed by atoms with Gasteiger partial charge in [0.05, 0.1) is 18.2 Å². The Bertz CT molecular complexity index is 1270. The molecule has 1 aliphatic rings. The van der Waals surface area contributed by atoms with Gasteiger partial charge in [0.25, 0.3) is 5.91 Å². The number of aliphatic carboxylic acids is 1. The molecule has 2 amide bonds. The number of aryl methyl sites for hydroxylation is 1. The third kappa shape index (κ3) is 7.42. The molecular weight excluding hydrogens is 490 g/mol. The summed E-state index contributed by atoms with van der Waals surface area (Å²) in [5.74, 6) is -2.76. The maximum Gasteiger partial charge on any atom is 0.303 e. The van der Waals surface area contributed by atoms with E-state index >= 15 is 0 Å². The van der Waals surface area contributed by atoms with Crippen LogP contribution in [0.3, 0.4) is 0 Å². The molecule has 6 N–H and O–H groups in total. The summed E-state index contributed by atoms with van der Waals surface area (Å²) >= 11 is 0. The average Bonchev–Trinajstić information content (AvgIpc) is 2.89. The fraction of sp³-hybridized carbons (Fsp3) is 0.357. The number of aliphatic hydroxyl groups excluding tert-OH is 3. The number of aliphatic hydroxyl groups is 3. The van der Waals surface area contributed by atoms with Gasteiger partial charge in [0, 0.05) is 30.5 Å². The van der Waals surface area contributed by atoms with Crippen LogP contribution in [-0.4, -0.2) is 56.3 Å². The van der Waals surface area contributed by atoms with Crippen molar-refractivity contribution in [3.63, 3.8) is 0 Å². The van der Waals surface area contributed by atoms with Crippen molar-refractivity contribution in [2.45, 2.75) is 39.5 Å². The van der Waals surface area contributed by atoms with E-state index in [2.05, 4.69) is 15.6 Å². The topological polar surface area (TPSA) is 169 Å². The molecule has 1 aliphatic carbocycles. The number of carboxylic acid groups (broad SMARTS) is 1. The van der Waals surface area contributed by atoms with Crippen LogP contribution >= 0.6 is 0 Å². The molecule has 2 aromatic rings. The van der Waals surface area contributed by atoms with Crippen LogP contribution in [0.5, 0.6) is 0 Å². The molecule has 0 saturated heterocycles. The number of nitrogens with one attached hydrogen (secondary N) is 2. The lowest BCUT2D eigenvalue weighted by Crippen LogP contribution is -2.29. The van der Waals surface area contributed by atoms with Crippen molar-refractivity contribution in [3.05, 3.63) is 70.7 Å². The van der Waals surface area contributed by atoms with Crippen molar-refractivity contribution >= 4 is 23.6 Å². The summed E-state index contributed by atoms with van der Waals surface area (Å²) in [7, 11) is 0. The van der Waals surface area contributed by atoms with Crippen LogP contribution in [-0.2, 0) is 9.59 Å². The highest BCUT2D eigenvalue weighted by molar-refractivity contribution is 5.96. The van der Waals surface area contributed by atoms with Gasteiger partial charge in [0.2, 0.25) is 5.91 Å². The summed E-state index contributed by atoms with van der Waals surface area (Å²) in [4.78, 5) is 40.9. The third-order valence-electron chi connectivity index (χ3n) is 6.42. The molecule has 1 aromatic heterocycles. The van der Waals surface area contributed by atoms with Crippen molar-refractivity contribution in [1.29, 1.82) is 0 Å². The molecule has 0 saturated carbocycles. The van der Waals surface area contributed by atoms with Gasteiger partial charge in [-0.1, -0.05) is 30.7 Å². The summed E-state index contributed by atoms with van der Waals surface area (Å²) in [6.45, 7) is 3.61. The van der Waals surface area contributed by atoms with Crippen LogP contribution in [0, 0.1) is 18.8 Å². The number of carbonyl (C=O) groups is 3. The van der Waals surface area contributed by atoms with Crippen LogP contribution in [0.15, 0.2) is 59.6 Å². The normalized spacial score (nSPS) is 14.9. The van der Waals surface area contributed by atoms with Crippen LogP contribution in [0.25, 0.3) is 11.3 Å². The predicted molar refractivity (Wildman–Crippen MR) is 142 cm³/mol. The lowest BCUT2D eigenvalue weighted by atomic mass is 9.90. The van der Waals surface area contributed by atoms with Gasteiger partial charge in [0.1, 0.15) is 11.6 Å². The molecular formula is C28H33N3O7. The van der Waals surface area contributed by atoms with E-state index in [1.807, 2.05) is 13.8 Å². The Hall–Kier alpha value is -4.18. The number of aromatic nitrogens is 1. The molecule has 0 radical (unpaired) electrons. The van der Waals surface area contributed by atoms with Crippen molar-refractivity contribution in [2.24, 2.45) is 11.8 Å². The van der Waals surface area contributed by atoms with E-state index in [1.165, 1.54) is 6.08 Å². The molecule has 202 valence electrons. The number of anilines is 1. The van der Waals surface area contributed by atoms with E-state index in [4.69, 9.17) is 5.11 Å². The standard InChI is InChI=1S/C28H33N3O7/c1-16(6-11-25(35)36)14-29-27(37)20-5-3-4-19(12-20)26-17(2)7-10-24(30-26)31-28(38)21(15-32)18-8-9-22(33)23(34)13-18/h3-5,7,10,12-13,16,21,32-34H,6,8-9,11,14-15H2,1-2H3,(H,29,37)(H,35,36)(H,30,31,38). The van der Waals surface area contributed by atoms with Gasteiger partial charge >= 0.3 is 5.97 Å². The fourth-order valence-electron chi connectivity index (χ4n) is 4.12. The first-order valence-corrected chi connectivity index (χ1v) is 12.4. The molecule has 1 heterocycles. The highest BCUT2D eigenvalue weighted by atomic mass is 16.4. The first kappa shape index (κ1) is 28.4. The van der Waals surface area contributed by atoms with Crippen LogP contribution < -0.4 is 10.6 Å². The second-order valence-corrected chi connectivity index (χ2v) is 9.47. The van der Waals surface area contributed by atoms with E-state index in [9.17, 15) is 29.7 Å². The summed E-state index contributed by atoms with van der Waals surface area (Å²) < 4.78 is 0. The van der Waals surface area contributed by atoms with E-state index in [1.54, 1.807) is 36.4 Å². The van der Waals surface area contributed by atoms with Gasteiger partial charge in [-0.3, -0.25) is 14.4 Å². The Morgan fingerprint density at radius 1 is 1.11 bits per heavy atom. The van der Waals surface area contributed by atoms with Crippen molar-refractivity contribution < 1.29 is 34.8 Å². The number of rotatable bonds is 11. The monoisotopic (exact) mass is 523 g/mol. The Balaban J connectivity index is 1.74. The number of hydrogen-bond donors (Lipinski definition) is 6. The fourth-order valence-corrected chi connectivity index (χ4v) is 4.12. The molecule has 0 fully saturated rings. The van der Waals surface area contributed by atoms with Gasteiger partial charge < -0.3 is 31.1 Å². The molecule has 0 bridgehead atoms. The largest absolute Gasteiger partial charge is 0.508 e. The Labute approximate surface area is 220 Å². The number of nitrogens with zero attached hydrogens (tertiary/aromatic N) is 1. The van der Waals surface area contributed by atoms with E-state index in [0.29, 0.717) is 41.8 Å². The zero-order valence-electron chi connectivity index (χ0n) is 21.4. The average molecular weight is 524 g/mol. The highest BCUT2D eigenvalue weighted by Crippen LogP contribution is 2.28. The number of benzene rings is 1. The number of hydrogen-bond acceptors (Lipinski definition) is 7. The Kier molecular flexibility index (Phi) is 9.61. The molecule has 0 spiro atoms. The SMILES string of the molecule is Cc1ccc(NC(=O)C(CO)C2=CC(O)=C(O)CC2)nc1-c1cccc(C(=O)NCC(C)CCC(=O)O)c1. The molecule has 3 rings (SSSR count). The second-order valence-electron chi connectivity index (χ2n) is 9.47. The maximum atomic E-state index is 12.9. The van der Waals surface area contributed by atoms with Crippen LogP contribution in [0.4, 0.5) is 5.82 Å². The first-order valence-electron chi connectivity index (χ1n) is 12.4. The molecule has 0 aliphatic heterocycles. The molecule has 2 unspecified atom stereocenters. The van der Waals surface area contributed by atoms with E-state index in [-0.39, 0.29) is 42.0 Å². The number of amides is 2. The zero-order chi connectivity index (χ0) is 27.8. The minimum absolute atomic E-state index is 0.0141. The molecule has 10 nitrogen and oxygen atoms in total.